The fourth-order valence-electron chi connectivity index (χ4n) is 3.19. The lowest BCUT2D eigenvalue weighted by Crippen LogP contribution is -2.37. The van der Waals surface area contributed by atoms with E-state index in [1.165, 1.54) is 0 Å². The highest BCUT2D eigenvalue weighted by molar-refractivity contribution is 5.83. The number of fused-ring (bicyclic) bond motifs is 1. The van der Waals surface area contributed by atoms with E-state index in [0.29, 0.717) is 50.0 Å². The molecule has 1 amide bonds. The van der Waals surface area contributed by atoms with Gasteiger partial charge in [-0.3, -0.25) is 4.79 Å². The summed E-state index contributed by atoms with van der Waals surface area (Å²) in [5.41, 5.74) is 7.40. The van der Waals surface area contributed by atoms with Crippen molar-refractivity contribution in [2.45, 2.75) is 19.4 Å². The van der Waals surface area contributed by atoms with Crippen LogP contribution in [-0.2, 0) is 16.1 Å². The molecule has 2 fully saturated rings. The van der Waals surface area contributed by atoms with Crippen molar-refractivity contribution in [3.05, 3.63) is 6.33 Å². The third kappa shape index (κ3) is 2.75. The Morgan fingerprint density at radius 1 is 1.17 bits per heavy atom. The molecule has 0 spiro atoms. The number of hydrogen-bond acceptors (Lipinski definition) is 7. The molecule has 2 aliphatic heterocycles. The van der Waals surface area contributed by atoms with Crippen molar-refractivity contribution in [2.24, 2.45) is 0 Å². The monoisotopic (exact) mass is 331 g/mol. The predicted octanol–water partition coefficient (Wildman–Crippen LogP) is -0.133. The summed E-state index contributed by atoms with van der Waals surface area (Å²) in [7, 11) is 0. The SMILES string of the molecule is Nc1nc(N2CCOCC2)nc2c1ncn2CCN1CCCC1=O. The normalized spacial score (nSPS) is 18.8. The van der Waals surface area contributed by atoms with Crippen molar-refractivity contribution in [3.63, 3.8) is 0 Å². The van der Waals surface area contributed by atoms with Crippen molar-refractivity contribution < 1.29 is 9.53 Å². The predicted molar refractivity (Wildman–Crippen MR) is 88.6 cm³/mol. The number of amides is 1. The van der Waals surface area contributed by atoms with Gasteiger partial charge in [0.2, 0.25) is 11.9 Å². The van der Waals surface area contributed by atoms with Gasteiger partial charge in [-0.15, -0.1) is 0 Å². The number of nitrogens with two attached hydrogens (primary N) is 1. The number of rotatable bonds is 4. The van der Waals surface area contributed by atoms with E-state index >= 15 is 0 Å². The maximum atomic E-state index is 11.7. The highest BCUT2D eigenvalue weighted by atomic mass is 16.5. The second-order valence-electron chi connectivity index (χ2n) is 6.10. The van der Waals surface area contributed by atoms with Crippen molar-refractivity contribution in [1.29, 1.82) is 0 Å². The Bertz CT molecular complexity index is 754. The van der Waals surface area contributed by atoms with Crippen LogP contribution in [0.5, 0.6) is 0 Å². The number of anilines is 2. The number of carbonyl (C=O) groups is 1. The first-order valence-corrected chi connectivity index (χ1v) is 8.31. The van der Waals surface area contributed by atoms with E-state index in [-0.39, 0.29) is 5.91 Å². The first-order chi connectivity index (χ1) is 11.7. The molecule has 4 heterocycles. The first kappa shape index (κ1) is 15.1. The number of imidazole rings is 1. The lowest BCUT2D eigenvalue weighted by molar-refractivity contribution is -0.127. The molecule has 0 atom stereocenters. The molecule has 9 nitrogen and oxygen atoms in total. The van der Waals surface area contributed by atoms with E-state index < -0.39 is 0 Å². The summed E-state index contributed by atoms with van der Waals surface area (Å²) in [5, 5.41) is 0. The molecule has 24 heavy (non-hydrogen) atoms. The first-order valence-electron chi connectivity index (χ1n) is 8.31. The van der Waals surface area contributed by atoms with Gasteiger partial charge in [-0.2, -0.15) is 9.97 Å². The molecular formula is C15H21N7O2. The van der Waals surface area contributed by atoms with Crippen LogP contribution in [0.25, 0.3) is 11.2 Å². The average molecular weight is 331 g/mol. The number of likely N-dealkylation sites (tertiary alicyclic amines) is 1. The Morgan fingerprint density at radius 3 is 2.75 bits per heavy atom. The minimum atomic E-state index is 0.225. The van der Waals surface area contributed by atoms with E-state index in [0.717, 1.165) is 31.7 Å². The molecule has 2 aromatic heterocycles. The molecule has 9 heteroatoms. The molecule has 0 bridgehead atoms. The third-order valence-corrected chi connectivity index (χ3v) is 4.56. The lowest BCUT2D eigenvalue weighted by Gasteiger charge is -2.26. The summed E-state index contributed by atoms with van der Waals surface area (Å²) in [5.74, 6) is 1.22. The Kier molecular flexibility index (Phi) is 3.93. The minimum absolute atomic E-state index is 0.225. The number of nitrogen functional groups attached to an aromatic ring is 1. The smallest absolute Gasteiger partial charge is 0.229 e. The second-order valence-corrected chi connectivity index (χ2v) is 6.10. The van der Waals surface area contributed by atoms with Crippen LogP contribution in [0.15, 0.2) is 6.33 Å². The maximum absolute atomic E-state index is 11.7. The van der Waals surface area contributed by atoms with Gasteiger partial charge in [0, 0.05) is 39.1 Å². The fourth-order valence-corrected chi connectivity index (χ4v) is 3.19. The van der Waals surface area contributed by atoms with Gasteiger partial charge in [-0.25, -0.2) is 4.98 Å². The minimum Gasteiger partial charge on any atom is -0.382 e. The van der Waals surface area contributed by atoms with Crippen LogP contribution >= 0.6 is 0 Å². The van der Waals surface area contributed by atoms with Crippen LogP contribution in [-0.4, -0.2) is 69.7 Å². The molecule has 128 valence electrons. The number of morpholine rings is 1. The third-order valence-electron chi connectivity index (χ3n) is 4.56. The van der Waals surface area contributed by atoms with Gasteiger partial charge in [-0.05, 0) is 6.42 Å². The van der Waals surface area contributed by atoms with Gasteiger partial charge in [0.05, 0.1) is 19.5 Å². The van der Waals surface area contributed by atoms with Crippen molar-refractivity contribution in [1.82, 2.24) is 24.4 Å². The van der Waals surface area contributed by atoms with Crippen molar-refractivity contribution in [3.8, 4) is 0 Å². The molecule has 0 unspecified atom stereocenters. The van der Waals surface area contributed by atoms with E-state index in [1.807, 2.05) is 9.47 Å². The van der Waals surface area contributed by atoms with E-state index in [1.54, 1.807) is 6.33 Å². The van der Waals surface area contributed by atoms with Crippen LogP contribution in [0.4, 0.5) is 11.8 Å². The molecule has 0 radical (unpaired) electrons. The quantitative estimate of drug-likeness (QED) is 0.832. The Labute approximate surface area is 139 Å². The van der Waals surface area contributed by atoms with Gasteiger partial charge >= 0.3 is 0 Å². The van der Waals surface area contributed by atoms with Gasteiger partial charge in [0.15, 0.2) is 11.5 Å². The summed E-state index contributed by atoms with van der Waals surface area (Å²) >= 11 is 0. The molecule has 0 aromatic carbocycles. The van der Waals surface area contributed by atoms with Crippen molar-refractivity contribution >= 4 is 28.8 Å². The summed E-state index contributed by atoms with van der Waals surface area (Å²) < 4.78 is 7.32. The number of hydrogen-bond donors (Lipinski definition) is 1. The van der Waals surface area contributed by atoms with Crippen LogP contribution in [0.1, 0.15) is 12.8 Å². The Hall–Kier alpha value is -2.42. The molecule has 0 aliphatic carbocycles. The number of carbonyl (C=O) groups excluding carboxylic acids is 1. The second kappa shape index (κ2) is 6.23. The topological polar surface area (TPSA) is 102 Å². The largest absolute Gasteiger partial charge is 0.382 e. The Morgan fingerprint density at radius 2 is 2.00 bits per heavy atom. The Balaban J connectivity index is 1.59. The highest BCUT2D eigenvalue weighted by Gasteiger charge is 2.21. The summed E-state index contributed by atoms with van der Waals surface area (Å²) in [6.07, 6.45) is 3.32. The van der Waals surface area contributed by atoms with Gasteiger partial charge in [-0.1, -0.05) is 0 Å². The van der Waals surface area contributed by atoms with E-state index in [4.69, 9.17) is 10.5 Å². The summed E-state index contributed by atoms with van der Waals surface area (Å²) in [4.78, 5) is 29.1. The zero-order chi connectivity index (χ0) is 16.5. The lowest BCUT2D eigenvalue weighted by atomic mass is 10.4. The molecule has 2 N–H and O–H groups in total. The van der Waals surface area contributed by atoms with Crippen molar-refractivity contribution in [2.75, 3.05) is 50.0 Å². The number of ether oxygens (including phenoxy) is 1. The summed E-state index contributed by atoms with van der Waals surface area (Å²) in [6, 6.07) is 0. The standard InChI is InChI=1S/C15H21N7O2/c16-13-12-14(19-15(18-13)21-6-8-24-9-7-21)22(10-17-12)5-4-20-3-1-2-11(20)23/h10H,1-9H2,(H2,16,18,19). The zero-order valence-electron chi connectivity index (χ0n) is 13.5. The van der Waals surface area contributed by atoms with Crippen LogP contribution in [0.3, 0.4) is 0 Å². The zero-order valence-corrected chi connectivity index (χ0v) is 13.5. The summed E-state index contributed by atoms with van der Waals surface area (Å²) in [6.45, 7) is 4.99. The molecule has 4 rings (SSSR count). The van der Waals surface area contributed by atoms with E-state index in [9.17, 15) is 4.79 Å². The van der Waals surface area contributed by atoms with Gasteiger partial charge in [0.25, 0.3) is 0 Å². The molecule has 2 aromatic rings. The van der Waals surface area contributed by atoms with Gasteiger partial charge in [0.1, 0.15) is 5.52 Å². The molecule has 2 saturated heterocycles. The van der Waals surface area contributed by atoms with Gasteiger partial charge < -0.3 is 24.8 Å². The highest BCUT2D eigenvalue weighted by Crippen LogP contribution is 2.21. The number of aromatic nitrogens is 4. The molecule has 2 aliphatic rings. The molecular weight excluding hydrogens is 310 g/mol. The number of nitrogens with zero attached hydrogens (tertiary/aromatic N) is 6. The maximum Gasteiger partial charge on any atom is 0.229 e. The molecule has 0 saturated carbocycles. The van der Waals surface area contributed by atoms with Crippen LogP contribution in [0.2, 0.25) is 0 Å². The van der Waals surface area contributed by atoms with E-state index in [2.05, 4.69) is 19.9 Å². The van der Waals surface area contributed by atoms with Crippen LogP contribution in [0, 0.1) is 0 Å². The van der Waals surface area contributed by atoms with Crippen LogP contribution < -0.4 is 10.6 Å². The average Bonchev–Trinajstić information content (AvgIpc) is 3.20. The fraction of sp³-hybridized carbons (Fsp3) is 0.600.